The normalized spacial score (nSPS) is 9.23. The minimum atomic E-state index is -0.256. The number of carbonyl (C=O) groups excluding carboxylic acids is 1. The van der Waals surface area contributed by atoms with Gasteiger partial charge in [0, 0.05) is 13.2 Å². The molecular weight excluding hydrogens is 188 g/mol. The summed E-state index contributed by atoms with van der Waals surface area (Å²) >= 11 is 4.76. The number of nitrogens with one attached hydrogen (secondary N) is 2. The number of rotatable bonds is 2. The van der Waals surface area contributed by atoms with Crippen molar-refractivity contribution < 1.29 is 4.79 Å². The number of aromatic nitrogens is 2. The topological polar surface area (TPSA) is 75.7 Å². The molecule has 0 spiro atoms. The standard InChI is InChI=1S/C7H8N4OS/c1-11(3-2-8)6(12)5-4-9-7(13)10-5/h4H,3H2,1H3,(H2,9,10,13). The van der Waals surface area contributed by atoms with Crippen LogP contribution in [-0.2, 0) is 0 Å². The number of amides is 1. The highest BCUT2D eigenvalue weighted by molar-refractivity contribution is 7.71. The molecule has 5 nitrogen and oxygen atoms in total. The third kappa shape index (κ3) is 2.16. The van der Waals surface area contributed by atoms with E-state index in [1.807, 2.05) is 6.07 Å². The number of nitriles is 1. The second-order valence-corrected chi connectivity index (χ2v) is 2.88. The quantitative estimate of drug-likeness (QED) is 0.539. The summed E-state index contributed by atoms with van der Waals surface area (Å²) < 4.78 is 0.397. The maximum atomic E-state index is 11.4. The van der Waals surface area contributed by atoms with E-state index < -0.39 is 0 Å². The van der Waals surface area contributed by atoms with E-state index in [1.54, 1.807) is 7.05 Å². The van der Waals surface area contributed by atoms with Crippen LogP contribution in [0.25, 0.3) is 0 Å². The molecule has 6 heteroatoms. The average molecular weight is 196 g/mol. The molecule has 0 aliphatic heterocycles. The molecule has 0 saturated carbocycles. The van der Waals surface area contributed by atoms with Crippen molar-refractivity contribution in [1.82, 2.24) is 14.9 Å². The Morgan fingerprint density at radius 3 is 3.00 bits per heavy atom. The van der Waals surface area contributed by atoms with Gasteiger partial charge in [0.1, 0.15) is 12.2 Å². The van der Waals surface area contributed by atoms with Gasteiger partial charge in [-0.3, -0.25) is 4.79 Å². The number of imidazole rings is 1. The number of nitrogens with zero attached hydrogens (tertiary/aromatic N) is 2. The molecule has 1 aromatic heterocycles. The lowest BCUT2D eigenvalue weighted by molar-refractivity contribution is 0.0807. The summed E-state index contributed by atoms with van der Waals surface area (Å²) in [6, 6.07) is 1.88. The lowest BCUT2D eigenvalue weighted by Gasteiger charge is -2.10. The molecule has 1 rings (SSSR count). The smallest absolute Gasteiger partial charge is 0.272 e. The zero-order valence-corrected chi connectivity index (χ0v) is 7.81. The van der Waals surface area contributed by atoms with Crippen molar-refractivity contribution in [2.45, 2.75) is 0 Å². The van der Waals surface area contributed by atoms with Crippen molar-refractivity contribution >= 4 is 18.1 Å². The van der Waals surface area contributed by atoms with Crippen LogP contribution < -0.4 is 0 Å². The van der Waals surface area contributed by atoms with Crippen molar-refractivity contribution in [1.29, 1.82) is 5.26 Å². The Morgan fingerprint density at radius 2 is 2.54 bits per heavy atom. The van der Waals surface area contributed by atoms with Gasteiger partial charge in [-0.05, 0) is 12.2 Å². The van der Waals surface area contributed by atoms with Crippen LogP contribution in [0.3, 0.4) is 0 Å². The molecule has 0 aliphatic carbocycles. The maximum absolute atomic E-state index is 11.4. The molecular formula is C7H8N4OS. The van der Waals surface area contributed by atoms with Gasteiger partial charge in [-0.15, -0.1) is 0 Å². The van der Waals surface area contributed by atoms with Gasteiger partial charge in [-0.1, -0.05) is 0 Å². The summed E-state index contributed by atoms with van der Waals surface area (Å²) in [7, 11) is 1.55. The van der Waals surface area contributed by atoms with E-state index >= 15 is 0 Å². The van der Waals surface area contributed by atoms with E-state index in [-0.39, 0.29) is 12.5 Å². The molecule has 0 radical (unpaired) electrons. The van der Waals surface area contributed by atoms with E-state index in [2.05, 4.69) is 9.97 Å². The summed E-state index contributed by atoms with van der Waals surface area (Å²) in [5, 5.41) is 8.36. The third-order valence-corrected chi connectivity index (χ3v) is 1.70. The van der Waals surface area contributed by atoms with Crippen molar-refractivity contribution in [3.63, 3.8) is 0 Å². The number of carbonyl (C=O) groups is 1. The van der Waals surface area contributed by atoms with Crippen LogP contribution in [0.1, 0.15) is 10.5 Å². The summed E-state index contributed by atoms with van der Waals surface area (Å²) in [5.74, 6) is -0.256. The Balaban J connectivity index is 2.80. The van der Waals surface area contributed by atoms with E-state index in [1.165, 1.54) is 11.1 Å². The Kier molecular flexibility index (Phi) is 2.82. The average Bonchev–Trinajstić information content (AvgIpc) is 2.51. The van der Waals surface area contributed by atoms with Crippen LogP contribution in [-0.4, -0.2) is 34.4 Å². The highest BCUT2D eigenvalue weighted by Gasteiger charge is 2.11. The molecule has 1 amide bonds. The SMILES string of the molecule is CN(CC#N)C(=O)c1c[nH]c(=S)[nH]1. The van der Waals surface area contributed by atoms with E-state index in [9.17, 15) is 4.79 Å². The predicted molar refractivity (Wildman–Crippen MR) is 48.6 cm³/mol. The largest absolute Gasteiger partial charge is 0.337 e. The zero-order valence-electron chi connectivity index (χ0n) is 7.00. The fourth-order valence-corrected chi connectivity index (χ4v) is 1.000. The van der Waals surface area contributed by atoms with Crippen LogP contribution in [0.5, 0.6) is 0 Å². The van der Waals surface area contributed by atoms with Gasteiger partial charge in [-0.2, -0.15) is 5.26 Å². The minimum absolute atomic E-state index is 0.0601. The Bertz CT molecular complexity index is 399. The highest BCUT2D eigenvalue weighted by atomic mass is 32.1. The fraction of sp³-hybridized carbons (Fsp3) is 0.286. The predicted octanol–water partition coefficient (Wildman–Crippen LogP) is 0.668. The van der Waals surface area contributed by atoms with Crippen molar-refractivity contribution in [3.05, 3.63) is 16.7 Å². The molecule has 0 unspecified atom stereocenters. The van der Waals surface area contributed by atoms with E-state index in [0.717, 1.165) is 0 Å². The lowest BCUT2D eigenvalue weighted by atomic mass is 10.4. The van der Waals surface area contributed by atoms with E-state index in [0.29, 0.717) is 10.5 Å². The second-order valence-electron chi connectivity index (χ2n) is 2.48. The van der Waals surface area contributed by atoms with Crippen molar-refractivity contribution in [3.8, 4) is 6.07 Å². The Hall–Kier alpha value is -1.61. The number of hydrogen-bond donors (Lipinski definition) is 2. The van der Waals surface area contributed by atoms with Crippen molar-refractivity contribution in [2.75, 3.05) is 13.6 Å². The minimum Gasteiger partial charge on any atom is -0.337 e. The maximum Gasteiger partial charge on any atom is 0.272 e. The molecule has 0 saturated heterocycles. The summed E-state index contributed by atoms with van der Waals surface area (Å²) in [5.41, 5.74) is 0.364. The third-order valence-electron chi connectivity index (χ3n) is 1.48. The van der Waals surface area contributed by atoms with Gasteiger partial charge < -0.3 is 14.9 Å². The van der Waals surface area contributed by atoms with Crippen LogP contribution >= 0.6 is 12.2 Å². The molecule has 0 aromatic carbocycles. The molecule has 2 N–H and O–H groups in total. The summed E-state index contributed by atoms with van der Waals surface area (Å²) in [4.78, 5) is 18.1. The molecule has 0 fully saturated rings. The molecule has 0 aliphatic rings. The first-order chi connectivity index (χ1) is 6.15. The first-order valence-electron chi connectivity index (χ1n) is 3.55. The lowest BCUT2D eigenvalue weighted by Crippen LogP contribution is -2.27. The molecule has 1 heterocycles. The van der Waals surface area contributed by atoms with Gasteiger partial charge in [-0.25, -0.2) is 0 Å². The van der Waals surface area contributed by atoms with Crippen LogP contribution in [0.2, 0.25) is 0 Å². The van der Waals surface area contributed by atoms with Crippen LogP contribution in [0.15, 0.2) is 6.20 Å². The fourth-order valence-electron chi connectivity index (χ4n) is 0.831. The first kappa shape index (κ1) is 9.48. The molecule has 0 atom stereocenters. The van der Waals surface area contributed by atoms with Gasteiger partial charge in [0.15, 0.2) is 4.77 Å². The van der Waals surface area contributed by atoms with Gasteiger partial charge in [0.05, 0.1) is 6.07 Å². The monoisotopic (exact) mass is 196 g/mol. The summed E-state index contributed by atoms with van der Waals surface area (Å²) in [6.45, 7) is 0.0601. The van der Waals surface area contributed by atoms with Gasteiger partial charge in [0.25, 0.3) is 5.91 Å². The molecule has 1 aromatic rings. The molecule has 13 heavy (non-hydrogen) atoms. The molecule has 0 bridgehead atoms. The second kappa shape index (κ2) is 3.87. The Labute approximate surface area is 80.0 Å². The van der Waals surface area contributed by atoms with Crippen molar-refractivity contribution in [2.24, 2.45) is 0 Å². The number of aromatic amines is 2. The summed E-state index contributed by atoms with van der Waals surface area (Å²) in [6.07, 6.45) is 1.48. The van der Waals surface area contributed by atoms with E-state index in [4.69, 9.17) is 17.5 Å². The van der Waals surface area contributed by atoms with Gasteiger partial charge >= 0.3 is 0 Å². The number of H-pyrrole nitrogens is 2. The Morgan fingerprint density at radius 1 is 1.85 bits per heavy atom. The molecule has 68 valence electrons. The first-order valence-corrected chi connectivity index (χ1v) is 3.96. The van der Waals surface area contributed by atoms with Gasteiger partial charge in [0.2, 0.25) is 0 Å². The van der Waals surface area contributed by atoms with Crippen LogP contribution in [0, 0.1) is 16.1 Å². The van der Waals surface area contributed by atoms with Crippen LogP contribution in [0.4, 0.5) is 0 Å². The number of hydrogen-bond acceptors (Lipinski definition) is 3. The highest BCUT2D eigenvalue weighted by Crippen LogP contribution is 1.97. The zero-order chi connectivity index (χ0) is 9.84.